The van der Waals surface area contributed by atoms with E-state index in [1.54, 1.807) is 6.07 Å². The van der Waals surface area contributed by atoms with Crippen LogP contribution in [0.4, 0.5) is 0 Å². The van der Waals surface area contributed by atoms with Gasteiger partial charge in [-0.2, -0.15) is 0 Å². The Labute approximate surface area is 94.3 Å². The zero-order valence-corrected chi connectivity index (χ0v) is 9.60. The average molecular weight is 224 g/mol. The van der Waals surface area contributed by atoms with E-state index in [0.717, 1.165) is 5.76 Å². The molecule has 0 aromatic carbocycles. The van der Waals surface area contributed by atoms with E-state index >= 15 is 0 Å². The third-order valence-electron chi connectivity index (χ3n) is 2.60. The zero-order chi connectivity index (χ0) is 11.5. The van der Waals surface area contributed by atoms with Crippen LogP contribution in [0.2, 0.25) is 0 Å². The molecule has 0 aliphatic carbocycles. The molecule has 0 N–H and O–H groups in total. The minimum atomic E-state index is 0.0865. The number of hydrogen-bond donors (Lipinski definition) is 0. The number of amides is 1. The summed E-state index contributed by atoms with van der Waals surface area (Å²) in [4.78, 5) is 13.7. The van der Waals surface area contributed by atoms with Crippen molar-refractivity contribution in [3.05, 3.63) is 17.5 Å². The van der Waals surface area contributed by atoms with E-state index in [1.165, 1.54) is 0 Å². The molecule has 0 saturated carbocycles. The number of morpholine rings is 1. The number of rotatable bonds is 2. The van der Waals surface area contributed by atoms with Crippen LogP contribution in [0.3, 0.4) is 0 Å². The van der Waals surface area contributed by atoms with Gasteiger partial charge in [0.1, 0.15) is 5.76 Å². The molecule has 5 nitrogen and oxygen atoms in total. The number of aromatic nitrogens is 1. The standard InChI is InChI=1S/C11H16N2O3/c1-8-5-10(12-16-8)6-11(14)13-3-4-15-9(2)7-13/h5,9H,3-4,6-7H2,1-2H3. The second-order valence-electron chi connectivity index (χ2n) is 4.13. The molecule has 1 saturated heterocycles. The summed E-state index contributed by atoms with van der Waals surface area (Å²) in [7, 11) is 0. The fourth-order valence-electron chi connectivity index (χ4n) is 1.81. The van der Waals surface area contributed by atoms with E-state index in [1.807, 2.05) is 18.7 Å². The van der Waals surface area contributed by atoms with Crippen molar-refractivity contribution in [2.45, 2.75) is 26.4 Å². The molecule has 1 aliphatic heterocycles. The van der Waals surface area contributed by atoms with Gasteiger partial charge in [0.05, 0.1) is 24.8 Å². The van der Waals surface area contributed by atoms with Crippen molar-refractivity contribution in [3.8, 4) is 0 Å². The maximum Gasteiger partial charge on any atom is 0.228 e. The monoisotopic (exact) mass is 224 g/mol. The van der Waals surface area contributed by atoms with Gasteiger partial charge in [0.25, 0.3) is 0 Å². The van der Waals surface area contributed by atoms with Crippen LogP contribution in [0.5, 0.6) is 0 Å². The minimum absolute atomic E-state index is 0.0865. The van der Waals surface area contributed by atoms with Crippen LogP contribution in [0.15, 0.2) is 10.6 Å². The molecule has 0 bridgehead atoms. The predicted molar refractivity (Wildman–Crippen MR) is 56.9 cm³/mol. The quantitative estimate of drug-likeness (QED) is 0.744. The lowest BCUT2D eigenvalue weighted by Crippen LogP contribution is -2.45. The molecule has 1 amide bonds. The molecule has 1 aromatic rings. The van der Waals surface area contributed by atoms with Gasteiger partial charge in [0, 0.05) is 19.2 Å². The van der Waals surface area contributed by atoms with Gasteiger partial charge in [-0.1, -0.05) is 5.16 Å². The Hall–Kier alpha value is -1.36. The van der Waals surface area contributed by atoms with Gasteiger partial charge in [0.2, 0.25) is 5.91 Å². The molecule has 88 valence electrons. The number of nitrogens with zero attached hydrogens (tertiary/aromatic N) is 2. The first-order chi connectivity index (χ1) is 7.65. The van der Waals surface area contributed by atoms with Crippen LogP contribution in [-0.2, 0) is 16.0 Å². The molecule has 1 aliphatic rings. The molecular weight excluding hydrogens is 208 g/mol. The molecular formula is C11H16N2O3. The van der Waals surface area contributed by atoms with Crippen molar-refractivity contribution in [1.82, 2.24) is 10.1 Å². The van der Waals surface area contributed by atoms with Crippen molar-refractivity contribution in [3.63, 3.8) is 0 Å². The van der Waals surface area contributed by atoms with Crippen molar-refractivity contribution < 1.29 is 14.1 Å². The largest absolute Gasteiger partial charge is 0.375 e. The minimum Gasteiger partial charge on any atom is -0.375 e. The molecule has 16 heavy (non-hydrogen) atoms. The summed E-state index contributed by atoms with van der Waals surface area (Å²) in [5.41, 5.74) is 0.696. The smallest absolute Gasteiger partial charge is 0.228 e. The van der Waals surface area contributed by atoms with E-state index in [9.17, 15) is 4.79 Å². The zero-order valence-electron chi connectivity index (χ0n) is 9.60. The molecule has 1 unspecified atom stereocenters. The van der Waals surface area contributed by atoms with Crippen LogP contribution < -0.4 is 0 Å². The maximum atomic E-state index is 11.9. The van der Waals surface area contributed by atoms with Crippen LogP contribution >= 0.6 is 0 Å². The summed E-state index contributed by atoms with van der Waals surface area (Å²) in [6, 6.07) is 1.79. The fraction of sp³-hybridized carbons (Fsp3) is 0.636. The van der Waals surface area contributed by atoms with Crippen molar-refractivity contribution in [2.75, 3.05) is 19.7 Å². The highest BCUT2D eigenvalue weighted by atomic mass is 16.5. The first-order valence-corrected chi connectivity index (χ1v) is 5.46. The summed E-state index contributed by atoms with van der Waals surface area (Å²) < 4.78 is 10.3. The summed E-state index contributed by atoms with van der Waals surface area (Å²) >= 11 is 0. The van der Waals surface area contributed by atoms with Gasteiger partial charge in [-0.25, -0.2) is 0 Å². The Morgan fingerprint density at radius 2 is 2.50 bits per heavy atom. The molecule has 5 heteroatoms. The van der Waals surface area contributed by atoms with Gasteiger partial charge >= 0.3 is 0 Å². The molecule has 1 atom stereocenters. The highest BCUT2D eigenvalue weighted by molar-refractivity contribution is 5.78. The molecule has 2 rings (SSSR count). The van der Waals surface area contributed by atoms with Gasteiger partial charge in [0.15, 0.2) is 0 Å². The topological polar surface area (TPSA) is 55.6 Å². The Bertz CT molecular complexity index is 375. The number of carbonyl (C=O) groups excluding carboxylic acids is 1. The van der Waals surface area contributed by atoms with E-state index in [0.29, 0.717) is 31.8 Å². The van der Waals surface area contributed by atoms with Gasteiger partial charge in [-0.3, -0.25) is 4.79 Å². The Balaban J connectivity index is 1.92. The number of carbonyl (C=O) groups is 1. The lowest BCUT2D eigenvalue weighted by molar-refractivity contribution is -0.137. The third kappa shape index (κ3) is 2.61. The number of hydrogen-bond acceptors (Lipinski definition) is 4. The average Bonchev–Trinajstić information content (AvgIpc) is 2.64. The Morgan fingerprint density at radius 1 is 1.69 bits per heavy atom. The van der Waals surface area contributed by atoms with E-state index < -0.39 is 0 Å². The fourth-order valence-corrected chi connectivity index (χ4v) is 1.81. The molecule has 2 heterocycles. The highest BCUT2D eigenvalue weighted by Gasteiger charge is 2.22. The Morgan fingerprint density at radius 3 is 3.12 bits per heavy atom. The lowest BCUT2D eigenvalue weighted by atomic mass is 10.2. The number of ether oxygens (including phenoxy) is 1. The van der Waals surface area contributed by atoms with Gasteiger partial charge < -0.3 is 14.2 Å². The SMILES string of the molecule is Cc1cc(CC(=O)N2CCOC(C)C2)no1. The summed E-state index contributed by atoms with van der Waals surface area (Å²) in [6.45, 7) is 5.73. The summed E-state index contributed by atoms with van der Waals surface area (Å²) in [5, 5.41) is 3.82. The van der Waals surface area contributed by atoms with Crippen molar-refractivity contribution >= 4 is 5.91 Å². The van der Waals surface area contributed by atoms with Crippen LogP contribution in [0.1, 0.15) is 18.4 Å². The molecule has 1 fully saturated rings. The van der Waals surface area contributed by atoms with Crippen molar-refractivity contribution in [2.24, 2.45) is 0 Å². The van der Waals surface area contributed by atoms with Gasteiger partial charge in [-0.15, -0.1) is 0 Å². The summed E-state index contributed by atoms with van der Waals surface area (Å²) in [5.74, 6) is 0.821. The Kier molecular flexibility index (Phi) is 3.24. The van der Waals surface area contributed by atoms with E-state index in [2.05, 4.69) is 5.16 Å². The molecule has 0 radical (unpaired) electrons. The second kappa shape index (κ2) is 4.65. The first-order valence-electron chi connectivity index (χ1n) is 5.46. The van der Waals surface area contributed by atoms with Crippen LogP contribution in [0, 0.1) is 6.92 Å². The van der Waals surface area contributed by atoms with Crippen LogP contribution in [-0.4, -0.2) is 41.8 Å². The number of aryl methyl sites for hydroxylation is 1. The predicted octanol–water partition coefficient (Wildman–Crippen LogP) is 0.773. The normalized spacial score (nSPS) is 21.1. The maximum absolute atomic E-state index is 11.9. The van der Waals surface area contributed by atoms with E-state index in [4.69, 9.17) is 9.26 Å². The van der Waals surface area contributed by atoms with Crippen LogP contribution in [0.25, 0.3) is 0 Å². The van der Waals surface area contributed by atoms with Crippen molar-refractivity contribution in [1.29, 1.82) is 0 Å². The lowest BCUT2D eigenvalue weighted by Gasteiger charge is -2.31. The highest BCUT2D eigenvalue weighted by Crippen LogP contribution is 2.08. The molecule has 1 aromatic heterocycles. The molecule has 0 spiro atoms. The van der Waals surface area contributed by atoms with Gasteiger partial charge in [-0.05, 0) is 13.8 Å². The second-order valence-corrected chi connectivity index (χ2v) is 4.13. The third-order valence-corrected chi connectivity index (χ3v) is 2.60. The summed E-state index contributed by atoms with van der Waals surface area (Å²) in [6.07, 6.45) is 0.432. The first kappa shape index (κ1) is 11.1. The van der Waals surface area contributed by atoms with E-state index in [-0.39, 0.29) is 12.0 Å².